The molecule has 0 aliphatic carbocycles. The number of sulfone groups is 1. The molecule has 1 saturated heterocycles. The first kappa shape index (κ1) is 18.9. The molecule has 2 aromatic rings. The van der Waals surface area contributed by atoms with Crippen molar-refractivity contribution in [2.75, 3.05) is 23.4 Å². The largest absolute Gasteiger partial charge is 0.326 e. The van der Waals surface area contributed by atoms with Crippen LogP contribution in [-0.2, 0) is 20.4 Å². The summed E-state index contributed by atoms with van der Waals surface area (Å²) in [6.45, 7) is 0.926. The van der Waals surface area contributed by atoms with E-state index in [9.17, 15) is 13.2 Å². The quantitative estimate of drug-likeness (QED) is 0.793. The number of hydrogen-bond donors (Lipinski definition) is 2. The number of carbonyl (C=O) groups excluding carboxylic acids is 1. The van der Waals surface area contributed by atoms with Gasteiger partial charge < -0.3 is 10.6 Å². The Hall–Kier alpha value is -1.83. The van der Waals surface area contributed by atoms with Gasteiger partial charge in [0.1, 0.15) is 0 Å². The van der Waals surface area contributed by atoms with Gasteiger partial charge in [0.15, 0.2) is 9.84 Å². The van der Waals surface area contributed by atoms with E-state index >= 15 is 0 Å². The Kier molecular flexibility index (Phi) is 6.34. The number of thioether (sulfide) groups is 1. The predicted octanol–water partition coefficient (Wildman–Crippen LogP) is 2.69. The number of rotatable bonds is 6. The summed E-state index contributed by atoms with van der Waals surface area (Å²) >= 11 is 1.85. The molecule has 1 amide bonds. The van der Waals surface area contributed by atoms with Gasteiger partial charge in [0, 0.05) is 36.2 Å². The standard InChI is InChI=1S/C19H22N2O3S2/c22-19(12-17-13-25-10-9-20-17)21-16-6-4-5-15(11-16)14-26(23,24)18-7-2-1-3-8-18/h1-8,11,17,20H,9-10,12-14H2,(H,21,22). The number of hydrogen-bond acceptors (Lipinski definition) is 5. The number of anilines is 1. The van der Waals surface area contributed by atoms with Crippen LogP contribution in [0.3, 0.4) is 0 Å². The fraction of sp³-hybridized carbons (Fsp3) is 0.316. The van der Waals surface area contributed by atoms with E-state index in [0.29, 0.717) is 22.6 Å². The van der Waals surface area contributed by atoms with E-state index in [4.69, 9.17) is 0 Å². The third kappa shape index (κ3) is 5.33. The Morgan fingerprint density at radius 3 is 2.69 bits per heavy atom. The zero-order valence-corrected chi connectivity index (χ0v) is 16.0. The molecule has 1 unspecified atom stereocenters. The van der Waals surface area contributed by atoms with Crippen LogP contribution in [0.15, 0.2) is 59.5 Å². The highest BCUT2D eigenvalue weighted by atomic mass is 32.2. The molecule has 2 aromatic carbocycles. The van der Waals surface area contributed by atoms with Gasteiger partial charge in [0.05, 0.1) is 10.6 Å². The first-order valence-electron chi connectivity index (χ1n) is 8.51. The molecule has 3 rings (SSSR count). The first-order valence-corrected chi connectivity index (χ1v) is 11.3. The fourth-order valence-electron chi connectivity index (χ4n) is 2.86. The zero-order valence-electron chi connectivity index (χ0n) is 14.4. The van der Waals surface area contributed by atoms with Gasteiger partial charge in [-0.1, -0.05) is 30.3 Å². The Bertz CT molecular complexity index is 848. The molecule has 0 saturated carbocycles. The van der Waals surface area contributed by atoms with Gasteiger partial charge in [-0.2, -0.15) is 11.8 Å². The zero-order chi connectivity index (χ0) is 18.4. The lowest BCUT2D eigenvalue weighted by atomic mass is 10.2. The van der Waals surface area contributed by atoms with E-state index in [1.807, 2.05) is 11.8 Å². The van der Waals surface area contributed by atoms with Crippen LogP contribution < -0.4 is 10.6 Å². The SMILES string of the molecule is O=C(CC1CSCCN1)Nc1cccc(CS(=O)(=O)c2ccccc2)c1. The van der Waals surface area contributed by atoms with E-state index in [1.54, 1.807) is 54.6 Å². The highest BCUT2D eigenvalue weighted by molar-refractivity contribution is 7.99. The molecular weight excluding hydrogens is 368 g/mol. The van der Waals surface area contributed by atoms with Crippen LogP contribution in [0.2, 0.25) is 0 Å². The molecule has 0 spiro atoms. The molecule has 0 radical (unpaired) electrons. The second-order valence-electron chi connectivity index (χ2n) is 6.25. The molecule has 2 N–H and O–H groups in total. The van der Waals surface area contributed by atoms with E-state index < -0.39 is 9.84 Å². The maximum atomic E-state index is 12.5. The lowest BCUT2D eigenvalue weighted by Crippen LogP contribution is -2.39. The van der Waals surface area contributed by atoms with E-state index in [1.165, 1.54) is 0 Å². The van der Waals surface area contributed by atoms with E-state index in [-0.39, 0.29) is 17.7 Å². The molecule has 5 nitrogen and oxygen atoms in total. The fourth-order valence-corrected chi connectivity index (χ4v) is 5.16. The Morgan fingerprint density at radius 2 is 1.96 bits per heavy atom. The summed E-state index contributed by atoms with van der Waals surface area (Å²) in [5, 5.41) is 6.21. The van der Waals surface area contributed by atoms with Gasteiger partial charge in [0.2, 0.25) is 5.91 Å². The third-order valence-corrected chi connectivity index (χ3v) is 6.93. The van der Waals surface area contributed by atoms with Crippen molar-refractivity contribution in [3.63, 3.8) is 0 Å². The summed E-state index contributed by atoms with van der Waals surface area (Å²) in [6.07, 6.45) is 0.416. The molecule has 0 bridgehead atoms. The van der Waals surface area contributed by atoms with Crippen molar-refractivity contribution < 1.29 is 13.2 Å². The van der Waals surface area contributed by atoms with Crippen molar-refractivity contribution in [2.45, 2.75) is 23.1 Å². The topological polar surface area (TPSA) is 75.3 Å². The van der Waals surface area contributed by atoms with Crippen LogP contribution in [0.5, 0.6) is 0 Å². The maximum absolute atomic E-state index is 12.5. The molecule has 1 heterocycles. The second kappa shape index (κ2) is 8.70. The molecule has 138 valence electrons. The number of benzene rings is 2. The van der Waals surface area contributed by atoms with Crippen molar-refractivity contribution in [2.24, 2.45) is 0 Å². The normalized spacial score (nSPS) is 17.6. The summed E-state index contributed by atoms with van der Waals surface area (Å²) in [5.74, 6) is 1.86. The van der Waals surface area contributed by atoms with Gasteiger partial charge in [-0.3, -0.25) is 4.79 Å². The Morgan fingerprint density at radius 1 is 1.15 bits per heavy atom. The second-order valence-corrected chi connectivity index (χ2v) is 9.39. The first-order chi connectivity index (χ1) is 12.5. The highest BCUT2D eigenvalue weighted by Crippen LogP contribution is 2.19. The van der Waals surface area contributed by atoms with Crippen LogP contribution in [0.25, 0.3) is 0 Å². The van der Waals surface area contributed by atoms with Crippen molar-refractivity contribution in [3.05, 3.63) is 60.2 Å². The van der Waals surface area contributed by atoms with Crippen LogP contribution in [-0.4, -0.2) is 38.4 Å². The molecule has 1 aliphatic rings. The minimum atomic E-state index is -3.41. The molecule has 1 fully saturated rings. The van der Waals surface area contributed by atoms with Crippen molar-refractivity contribution in [3.8, 4) is 0 Å². The number of amides is 1. The van der Waals surface area contributed by atoms with Crippen LogP contribution >= 0.6 is 11.8 Å². The summed E-state index contributed by atoms with van der Waals surface area (Å²) < 4.78 is 25.0. The molecule has 1 aliphatic heterocycles. The molecule has 26 heavy (non-hydrogen) atoms. The number of nitrogens with one attached hydrogen (secondary N) is 2. The van der Waals surface area contributed by atoms with Gasteiger partial charge in [0.25, 0.3) is 0 Å². The lowest BCUT2D eigenvalue weighted by molar-refractivity contribution is -0.116. The minimum Gasteiger partial charge on any atom is -0.326 e. The van der Waals surface area contributed by atoms with Gasteiger partial charge in [-0.25, -0.2) is 8.42 Å². The van der Waals surface area contributed by atoms with Crippen molar-refractivity contribution in [1.29, 1.82) is 0 Å². The Labute approximate surface area is 158 Å². The summed E-state index contributed by atoms with van der Waals surface area (Å²) in [7, 11) is -3.41. The summed E-state index contributed by atoms with van der Waals surface area (Å²) in [6, 6.07) is 15.6. The van der Waals surface area contributed by atoms with Crippen molar-refractivity contribution in [1.82, 2.24) is 5.32 Å². The summed E-state index contributed by atoms with van der Waals surface area (Å²) in [4.78, 5) is 12.5. The average molecular weight is 391 g/mol. The van der Waals surface area contributed by atoms with Crippen LogP contribution in [0, 0.1) is 0 Å². The van der Waals surface area contributed by atoms with Gasteiger partial charge >= 0.3 is 0 Å². The molecule has 1 atom stereocenters. The summed E-state index contributed by atoms with van der Waals surface area (Å²) in [5.41, 5.74) is 1.28. The average Bonchev–Trinajstić information content (AvgIpc) is 2.63. The molecular formula is C19H22N2O3S2. The third-order valence-electron chi connectivity index (χ3n) is 4.10. The monoisotopic (exact) mass is 390 g/mol. The van der Waals surface area contributed by atoms with E-state index in [2.05, 4.69) is 10.6 Å². The lowest BCUT2D eigenvalue weighted by Gasteiger charge is -2.22. The minimum absolute atomic E-state index is 0.0620. The van der Waals surface area contributed by atoms with Crippen LogP contribution in [0.1, 0.15) is 12.0 Å². The highest BCUT2D eigenvalue weighted by Gasteiger charge is 2.18. The molecule has 7 heteroatoms. The smallest absolute Gasteiger partial charge is 0.225 e. The Balaban J connectivity index is 1.63. The van der Waals surface area contributed by atoms with E-state index in [0.717, 1.165) is 18.1 Å². The molecule has 0 aromatic heterocycles. The van der Waals surface area contributed by atoms with Crippen molar-refractivity contribution >= 4 is 33.2 Å². The predicted molar refractivity (Wildman–Crippen MR) is 106 cm³/mol. The number of carbonyl (C=O) groups is 1. The van der Waals surface area contributed by atoms with Gasteiger partial charge in [-0.05, 0) is 29.8 Å². The van der Waals surface area contributed by atoms with Crippen LogP contribution in [0.4, 0.5) is 5.69 Å². The van der Waals surface area contributed by atoms with Gasteiger partial charge in [-0.15, -0.1) is 0 Å². The maximum Gasteiger partial charge on any atom is 0.225 e.